The Kier molecular flexibility index (Phi) is 1.82. The second-order valence-corrected chi connectivity index (χ2v) is 2.01. The molecule has 0 amide bonds. The number of amidine groups is 1. The molecular weight excluding hydrogens is 116 g/mol. The van der Waals surface area contributed by atoms with E-state index >= 15 is 0 Å². The minimum absolute atomic E-state index is 0.331. The van der Waals surface area contributed by atoms with Crippen LogP contribution in [-0.2, 0) is 4.74 Å². The number of methoxy groups -OCH3 is 1. The molecule has 0 aromatic heterocycles. The first kappa shape index (κ1) is 6.26. The van der Waals surface area contributed by atoms with Gasteiger partial charge in [0.1, 0.15) is 0 Å². The first-order chi connectivity index (χ1) is 4.33. The van der Waals surface area contributed by atoms with E-state index in [4.69, 9.17) is 4.74 Å². The molecule has 0 aromatic carbocycles. The number of ether oxygens (including phenoxy) is 1. The summed E-state index contributed by atoms with van der Waals surface area (Å²) in [6.45, 7) is 2.03. The van der Waals surface area contributed by atoms with Crippen LogP contribution in [0.15, 0.2) is 9.98 Å². The molecular formula is C6H10N2O. The Morgan fingerprint density at radius 1 is 1.78 bits per heavy atom. The summed E-state index contributed by atoms with van der Waals surface area (Å²) in [5, 5.41) is 0. The van der Waals surface area contributed by atoms with Crippen molar-refractivity contribution in [3.63, 3.8) is 0 Å². The third kappa shape index (κ3) is 1.52. The average Bonchev–Trinajstić information content (AvgIpc) is 1.88. The fourth-order valence-corrected chi connectivity index (χ4v) is 0.663. The van der Waals surface area contributed by atoms with Crippen LogP contribution in [-0.4, -0.2) is 25.4 Å². The maximum Gasteiger partial charge on any atom is 0.311 e. The van der Waals surface area contributed by atoms with Crippen molar-refractivity contribution in [1.82, 2.24) is 0 Å². The van der Waals surface area contributed by atoms with E-state index in [0.717, 1.165) is 6.42 Å². The van der Waals surface area contributed by atoms with Crippen molar-refractivity contribution in [2.75, 3.05) is 7.11 Å². The zero-order valence-electron chi connectivity index (χ0n) is 5.66. The van der Waals surface area contributed by atoms with Gasteiger partial charge in [0.05, 0.1) is 13.2 Å². The van der Waals surface area contributed by atoms with Crippen LogP contribution in [0, 0.1) is 0 Å². The van der Waals surface area contributed by atoms with Crippen molar-refractivity contribution in [3.05, 3.63) is 0 Å². The van der Waals surface area contributed by atoms with Crippen molar-refractivity contribution < 1.29 is 4.74 Å². The van der Waals surface area contributed by atoms with E-state index in [1.165, 1.54) is 0 Å². The molecule has 0 aliphatic carbocycles. The van der Waals surface area contributed by atoms with Crippen molar-refractivity contribution in [3.8, 4) is 0 Å². The van der Waals surface area contributed by atoms with Crippen molar-refractivity contribution in [1.29, 1.82) is 0 Å². The molecule has 1 atom stereocenters. The van der Waals surface area contributed by atoms with Crippen LogP contribution in [0.4, 0.5) is 0 Å². The molecule has 1 heterocycles. The van der Waals surface area contributed by atoms with Crippen LogP contribution >= 0.6 is 0 Å². The summed E-state index contributed by atoms with van der Waals surface area (Å²) in [6.07, 6.45) is 2.75. The molecule has 1 rings (SSSR count). The molecule has 0 radical (unpaired) electrons. The maximum absolute atomic E-state index is 4.81. The van der Waals surface area contributed by atoms with Crippen molar-refractivity contribution >= 4 is 12.2 Å². The highest BCUT2D eigenvalue weighted by molar-refractivity contribution is 5.85. The second-order valence-electron chi connectivity index (χ2n) is 2.01. The van der Waals surface area contributed by atoms with Crippen LogP contribution in [0.1, 0.15) is 13.3 Å². The second kappa shape index (κ2) is 2.62. The van der Waals surface area contributed by atoms with Gasteiger partial charge in [-0.1, -0.05) is 0 Å². The molecule has 0 saturated carbocycles. The van der Waals surface area contributed by atoms with Crippen molar-refractivity contribution in [2.45, 2.75) is 19.4 Å². The lowest BCUT2D eigenvalue weighted by Gasteiger charge is -2.07. The molecule has 0 saturated heterocycles. The van der Waals surface area contributed by atoms with Gasteiger partial charge in [0.2, 0.25) is 0 Å². The van der Waals surface area contributed by atoms with E-state index in [0.29, 0.717) is 12.1 Å². The molecule has 9 heavy (non-hydrogen) atoms. The highest BCUT2D eigenvalue weighted by atomic mass is 16.5. The monoisotopic (exact) mass is 126 g/mol. The van der Waals surface area contributed by atoms with Gasteiger partial charge in [0, 0.05) is 12.6 Å². The smallest absolute Gasteiger partial charge is 0.311 e. The zero-order valence-corrected chi connectivity index (χ0v) is 5.66. The Balaban J connectivity index is 2.59. The Morgan fingerprint density at radius 2 is 2.56 bits per heavy atom. The van der Waals surface area contributed by atoms with Gasteiger partial charge in [-0.3, -0.25) is 0 Å². The van der Waals surface area contributed by atoms with E-state index in [1.807, 2.05) is 13.1 Å². The quantitative estimate of drug-likeness (QED) is 0.473. The minimum Gasteiger partial charge on any atom is -0.467 e. The summed E-state index contributed by atoms with van der Waals surface area (Å²) in [5.74, 6) is 0. The molecule has 0 fully saturated rings. The van der Waals surface area contributed by atoms with Gasteiger partial charge in [-0.15, -0.1) is 0 Å². The van der Waals surface area contributed by atoms with E-state index < -0.39 is 0 Å². The summed E-state index contributed by atoms with van der Waals surface area (Å²) in [7, 11) is 1.58. The summed E-state index contributed by atoms with van der Waals surface area (Å²) in [4.78, 5) is 8.00. The van der Waals surface area contributed by atoms with Gasteiger partial charge in [-0.2, -0.15) is 0 Å². The van der Waals surface area contributed by atoms with Crippen LogP contribution in [0.2, 0.25) is 0 Å². The first-order valence-corrected chi connectivity index (χ1v) is 2.97. The largest absolute Gasteiger partial charge is 0.467 e. The van der Waals surface area contributed by atoms with E-state index in [-0.39, 0.29) is 0 Å². The molecule has 50 valence electrons. The van der Waals surface area contributed by atoms with Gasteiger partial charge >= 0.3 is 6.02 Å². The predicted octanol–water partition coefficient (Wildman–Crippen LogP) is 0.852. The number of hydrogen-bond acceptors (Lipinski definition) is 3. The Labute approximate surface area is 54.5 Å². The highest BCUT2D eigenvalue weighted by Crippen LogP contribution is 2.01. The maximum atomic E-state index is 4.81. The molecule has 0 bridgehead atoms. The number of hydrogen-bond donors (Lipinski definition) is 0. The zero-order chi connectivity index (χ0) is 6.69. The molecule has 1 aliphatic heterocycles. The number of aliphatic imine (C=N–C) groups is 2. The number of rotatable bonds is 0. The lowest BCUT2D eigenvalue weighted by atomic mass is 10.2. The Bertz CT molecular complexity index is 151. The molecule has 0 N–H and O–H groups in total. The lowest BCUT2D eigenvalue weighted by molar-refractivity contribution is 0.390. The van der Waals surface area contributed by atoms with Crippen LogP contribution in [0.5, 0.6) is 0 Å². The predicted molar refractivity (Wildman–Crippen MR) is 37.0 cm³/mol. The molecule has 1 aliphatic rings. The molecule has 1 unspecified atom stereocenters. The average molecular weight is 126 g/mol. The summed E-state index contributed by atoms with van der Waals surface area (Å²) < 4.78 is 4.81. The van der Waals surface area contributed by atoms with E-state index in [2.05, 4.69) is 9.98 Å². The molecule has 0 aromatic rings. The van der Waals surface area contributed by atoms with Gasteiger partial charge in [0.15, 0.2) is 0 Å². The third-order valence-corrected chi connectivity index (χ3v) is 1.16. The van der Waals surface area contributed by atoms with Crippen molar-refractivity contribution in [2.24, 2.45) is 9.98 Å². The summed E-state index contributed by atoms with van der Waals surface area (Å²) in [6, 6.07) is 0.825. The molecule has 0 spiro atoms. The topological polar surface area (TPSA) is 34.0 Å². The number of nitrogens with zero attached hydrogens (tertiary/aromatic N) is 2. The summed E-state index contributed by atoms with van der Waals surface area (Å²) in [5.41, 5.74) is 0. The Hall–Kier alpha value is -0.860. The molecule has 3 heteroatoms. The molecule has 3 nitrogen and oxygen atoms in total. The SMILES string of the molecule is COC1=NC(C)CC=N1. The summed E-state index contributed by atoms with van der Waals surface area (Å²) >= 11 is 0. The van der Waals surface area contributed by atoms with Gasteiger partial charge in [-0.25, -0.2) is 9.98 Å². The van der Waals surface area contributed by atoms with Gasteiger partial charge < -0.3 is 4.74 Å². The third-order valence-electron chi connectivity index (χ3n) is 1.16. The standard InChI is InChI=1S/C6H10N2O/c1-5-3-4-7-6(8-5)9-2/h4-5H,3H2,1-2H3. The van der Waals surface area contributed by atoms with Gasteiger partial charge in [-0.05, 0) is 6.92 Å². The van der Waals surface area contributed by atoms with Crippen LogP contribution < -0.4 is 0 Å². The lowest BCUT2D eigenvalue weighted by Crippen LogP contribution is -2.11. The van der Waals surface area contributed by atoms with Crippen LogP contribution in [0.3, 0.4) is 0 Å². The fraction of sp³-hybridized carbons (Fsp3) is 0.667. The fourth-order valence-electron chi connectivity index (χ4n) is 0.663. The first-order valence-electron chi connectivity index (χ1n) is 2.97. The van der Waals surface area contributed by atoms with Gasteiger partial charge in [0.25, 0.3) is 0 Å². The van der Waals surface area contributed by atoms with E-state index in [9.17, 15) is 0 Å². The highest BCUT2D eigenvalue weighted by Gasteiger charge is 2.04. The normalized spacial score (nSPS) is 25.6. The minimum atomic E-state index is 0.331. The van der Waals surface area contributed by atoms with E-state index in [1.54, 1.807) is 7.11 Å². The van der Waals surface area contributed by atoms with Crippen LogP contribution in [0.25, 0.3) is 0 Å². The Morgan fingerprint density at radius 3 is 3.00 bits per heavy atom.